The van der Waals surface area contributed by atoms with E-state index in [1.165, 1.54) is 0 Å². The Morgan fingerprint density at radius 2 is 2.00 bits per heavy atom. The van der Waals surface area contributed by atoms with Crippen LogP contribution in [0.1, 0.15) is 6.92 Å². The van der Waals surface area contributed by atoms with Gasteiger partial charge in [-0.25, -0.2) is 4.39 Å². The third-order valence-electron chi connectivity index (χ3n) is 1.28. The van der Waals surface area contributed by atoms with Gasteiger partial charge in [-0.15, -0.1) is 0 Å². The minimum Gasteiger partial charge on any atom is -0.357 e. The highest BCUT2D eigenvalue weighted by Crippen LogP contribution is 2.07. The first-order valence-corrected chi connectivity index (χ1v) is 3.42. The Bertz CT molecular complexity index is 241. The van der Waals surface area contributed by atoms with E-state index < -0.39 is 0 Å². The molecule has 0 heterocycles. The van der Waals surface area contributed by atoms with Gasteiger partial charge in [-0.3, -0.25) is 0 Å². The first-order chi connectivity index (χ1) is 5.33. The van der Waals surface area contributed by atoms with Crippen LogP contribution in [0.15, 0.2) is 42.4 Å². The Balaban J connectivity index is 2.65. The lowest BCUT2D eigenvalue weighted by Crippen LogP contribution is -1.93. The minimum atomic E-state index is 0.510. The van der Waals surface area contributed by atoms with E-state index in [4.69, 9.17) is 0 Å². The highest BCUT2D eigenvalue weighted by Gasteiger charge is 1.88. The van der Waals surface area contributed by atoms with Crippen molar-refractivity contribution < 1.29 is 4.39 Å². The van der Waals surface area contributed by atoms with Crippen molar-refractivity contribution >= 4 is 5.69 Å². The normalized spacial score (nSPS) is 11.3. The van der Waals surface area contributed by atoms with E-state index in [1.54, 1.807) is 6.92 Å². The largest absolute Gasteiger partial charge is 0.357 e. The van der Waals surface area contributed by atoms with Crippen molar-refractivity contribution in [1.82, 2.24) is 0 Å². The van der Waals surface area contributed by atoms with Gasteiger partial charge >= 0.3 is 0 Å². The van der Waals surface area contributed by atoms with E-state index in [0.717, 1.165) is 5.69 Å². The predicted octanol–water partition coefficient (Wildman–Crippen LogP) is 2.93. The quantitative estimate of drug-likeness (QED) is 0.685. The Morgan fingerprint density at radius 1 is 1.36 bits per heavy atom. The van der Waals surface area contributed by atoms with Crippen LogP contribution in [0, 0.1) is 0 Å². The van der Waals surface area contributed by atoms with Crippen LogP contribution < -0.4 is 5.32 Å². The van der Waals surface area contributed by atoms with E-state index >= 15 is 0 Å². The third-order valence-corrected chi connectivity index (χ3v) is 1.28. The molecule has 0 bridgehead atoms. The molecule has 1 N–H and O–H groups in total. The van der Waals surface area contributed by atoms with Crippen LogP contribution in [0.2, 0.25) is 0 Å². The number of halogens is 1. The van der Waals surface area contributed by atoms with Gasteiger partial charge in [0.25, 0.3) is 0 Å². The smallest absolute Gasteiger partial charge is 0.106 e. The molecule has 1 rings (SSSR count). The molecule has 1 aromatic rings. The zero-order chi connectivity index (χ0) is 8.10. The summed E-state index contributed by atoms with van der Waals surface area (Å²) in [4.78, 5) is 0. The number of hydrogen-bond donors (Lipinski definition) is 1. The Morgan fingerprint density at radius 3 is 2.55 bits per heavy atom. The first kappa shape index (κ1) is 7.79. The molecule has 0 amide bonds. The van der Waals surface area contributed by atoms with Crippen LogP contribution in [0.4, 0.5) is 10.1 Å². The Labute approximate surface area is 65.6 Å². The van der Waals surface area contributed by atoms with Crippen molar-refractivity contribution in [2.45, 2.75) is 6.92 Å². The Hall–Kier alpha value is -1.31. The fourth-order valence-electron chi connectivity index (χ4n) is 0.776. The number of allylic oxidation sites excluding steroid dienone is 1. The fraction of sp³-hybridized carbons (Fsp3) is 0.111. The second-order valence-corrected chi connectivity index (χ2v) is 2.28. The Kier molecular flexibility index (Phi) is 2.66. The average molecular weight is 151 g/mol. The van der Waals surface area contributed by atoms with Crippen molar-refractivity contribution in [1.29, 1.82) is 0 Å². The average Bonchev–Trinajstić information content (AvgIpc) is 2.06. The lowest BCUT2D eigenvalue weighted by atomic mass is 10.3. The number of rotatable bonds is 2. The number of para-hydroxylation sites is 1. The second-order valence-electron chi connectivity index (χ2n) is 2.28. The van der Waals surface area contributed by atoms with Gasteiger partial charge in [-0.05, 0) is 19.1 Å². The molecule has 0 fully saturated rings. The topological polar surface area (TPSA) is 12.0 Å². The molecule has 0 aromatic heterocycles. The van der Waals surface area contributed by atoms with Gasteiger partial charge in [0.2, 0.25) is 0 Å². The second kappa shape index (κ2) is 3.76. The van der Waals surface area contributed by atoms with Crippen LogP contribution >= 0.6 is 0 Å². The summed E-state index contributed by atoms with van der Waals surface area (Å²) in [6.45, 7) is 1.67. The van der Waals surface area contributed by atoms with E-state index in [1.807, 2.05) is 30.3 Å². The maximum absolute atomic E-state index is 11.8. The molecule has 0 aliphatic heterocycles. The molecule has 11 heavy (non-hydrogen) atoms. The molecule has 1 nitrogen and oxygen atoms in total. The lowest BCUT2D eigenvalue weighted by Gasteiger charge is -2.02. The van der Waals surface area contributed by atoms with Crippen molar-refractivity contribution in [3.8, 4) is 0 Å². The molecular weight excluding hydrogens is 141 g/mol. The number of anilines is 1. The van der Waals surface area contributed by atoms with Gasteiger partial charge in [-0.2, -0.15) is 0 Å². The van der Waals surface area contributed by atoms with Crippen LogP contribution in [0.3, 0.4) is 0 Å². The van der Waals surface area contributed by atoms with Crippen molar-refractivity contribution in [2.24, 2.45) is 0 Å². The molecule has 0 radical (unpaired) electrons. The van der Waals surface area contributed by atoms with E-state index in [0.29, 0.717) is 12.0 Å². The van der Waals surface area contributed by atoms with Gasteiger partial charge < -0.3 is 5.32 Å². The summed E-state index contributed by atoms with van der Waals surface area (Å²) in [6, 6.07) is 9.47. The number of benzene rings is 1. The highest BCUT2D eigenvalue weighted by atomic mass is 19.1. The molecule has 1 aromatic carbocycles. The first-order valence-electron chi connectivity index (χ1n) is 3.42. The molecule has 0 aliphatic carbocycles. The van der Waals surface area contributed by atoms with Gasteiger partial charge in [0.05, 0.1) is 0 Å². The summed E-state index contributed by atoms with van der Waals surface area (Å²) in [6.07, 6.45) is 0.549. The molecule has 0 aliphatic rings. The van der Waals surface area contributed by atoms with Crippen molar-refractivity contribution in [3.05, 3.63) is 42.4 Å². The monoisotopic (exact) mass is 151 g/mol. The van der Waals surface area contributed by atoms with E-state index in [-0.39, 0.29) is 0 Å². The maximum atomic E-state index is 11.8. The molecule has 0 unspecified atom stereocenters. The molecule has 2 heteroatoms. The third kappa shape index (κ3) is 2.42. The van der Waals surface area contributed by atoms with Crippen LogP contribution in [0.5, 0.6) is 0 Å². The van der Waals surface area contributed by atoms with Crippen molar-refractivity contribution in [3.63, 3.8) is 0 Å². The van der Waals surface area contributed by atoms with Crippen molar-refractivity contribution in [2.75, 3.05) is 5.32 Å². The van der Waals surface area contributed by atoms with E-state index in [9.17, 15) is 4.39 Å². The SMILES string of the molecule is CC(=CF)Nc1ccccc1. The van der Waals surface area contributed by atoms with Crippen LogP contribution in [-0.2, 0) is 0 Å². The molecule has 0 saturated carbocycles. The summed E-state index contributed by atoms with van der Waals surface area (Å²) in [5, 5.41) is 2.88. The van der Waals surface area contributed by atoms with Gasteiger partial charge in [-0.1, -0.05) is 18.2 Å². The fourth-order valence-corrected chi connectivity index (χ4v) is 0.776. The zero-order valence-electron chi connectivity index (χ0n) is 6.34. The predicted molar refractivity (Wildman–Crippen MR) is 44.9 cm³/mol. The number of hydrogen-bond acceptors (Lipinski definition) is 1. The van der Waals surface area contributed by atoms with E-state index in [2.05, 4.69) is 5.32 Å². The molecule has 58 valence electrons. The summed E-state index contributed by atoms with van der Waals surface area (Å²) >= 11 is 0. The summed E-state index contributed by atoms with van der Waals surface area (Å²) in [5.74, 6) is 0. The van der Waals surface area contributed by atoms with Crippen LogP contribution in [-0.4, -0.2) is 0 Å². The highest BCUT2D eigenvalue weighted by molar-refractivity contribution is 5.46. The van der Waals surface area contributed by atoms with Crippen LogP contribution in [0.25, 0.3) is 0 Å². The van der Waals surface area contributed by atoms with Gasteiger partial charge in [0.1, 0.15) is 6.33 Å². The molecule has 0 saturated heterocycles. The maximum Gasteiger partial charge on any atom is 0.106 e. The minimum absolute atomic E-state index is 0.510. The van der Waals surface area contributed by atoms with Gasteiger partial charge in [0.15, 0.2) is 0 Å². The molecule has 0 spiro atoms. The van der Waals surface area contributed by atoms with Gasteiger partial charge in [0, 0.05) is 11.4 Å². The summed E-state index contributed by atoms with van der Waals surface area (Å²) in [7, 11) is 0. The zero-order valence-corrected chi connectivity index (χ0v) is 6.34. The summed E-state index contributed by atoms with van der Waals surface area (Å²) in [5.41, 5.74) is 1.41. The standard InChI is InChI=1S/C9H10FN/c1-8(7-10)11-9-5-3-2-4-6-9/h2-7,11H,1H3. The molecular formula is C9H10FN. The molecule has 0 atom stereocenters. The number of nitrogens with one attached hydrogen (secondary N) is 1. The lowest BCUT2D eigenvalue weighted by molar-refractivity contribution is 0.710. The summed E-state index contributed by atoms with van der Waals surface area (Å²) < 4.78 is 11.8.